The number of aromatic nitrogens is 2. The topological polar surface area (TPSA) is 56.3 Å². The molecule has 1 fully saturated rings. The maximum atomic E-state index is 5.78. The average Bonchev–Trinajstić information content (AvgIpc) is 2.87. The Morgan fingerprint density at radius 1 is 1.30 bits per heavy atom. The lowest BCUT2D eigenvalue weighted by Gasteiger charge is -2.32. The number of rotatable bonds is 4. The second-order valence-corrected chi connectivity index (χ2v) is 5.22. The summed E-state index contributed by atoms with van der Waals surface area (Å²) in [7, 11) is 0. The van der Waals surface area contributed by atoms with Gasteiger partial charge in [-0.2, -0.15) is 0 Å². The number of morpholine rings is 1. The molecule has 1 atom stereocenters. The molecule has 3 rings (SSSR count). The summed E-state index contributed by atoms with van der Waals surface area (Å²) in [5.41, 5.74) is 8.00. The minimum absolute atomic E-state index is 0.290. The van der Waals surface area contributed by atoms with E-state index in [2.05, 4.69) is 34.6 Å². The maximum absolute atomic E-state index is 5.78. The Morgan fingerprint density at radius 3 is 2.80 bits per heavy atom. The fourth-order valence-electron chi connectivity index (χ4n) is 2.91. The number of hydrogen-bond acceptors (Lipinski definition) is 4. The van der Waals surface area contributed by atoms with E-state index in [4.69, 9.17) is 15.5 Å². The minimum Gasteiger partial charge on any atom is -0.379 e. The number of ether oxygens (including phenoxy) is 1. The van der Waals surface area contributed by atoms with Crippen molar-refractivity contribution >= 4 is 11.0 Å². The molecule has 1 unspecified atom stereocenters. The summed E-state index contributed by atoms with van der Waals surface area (Å²) in [6.07, 6.45) is 0. The molecule has 0 bridgehead atoms. The first-order valence-electron chi connectivity index (χ1n) is 7.28. The molecule has 20 heavy (non-hydrogen) atoms. The van der Waals surface area contributed by atoms with Crippen LogP contribution in [0, 0.1) is 0 Å². The summed E-state index contributed by atoms with van der Waals surface area (Å²) in [5, 5.41) is 0. The van der Waals surface area contributed by atoms with Crippen LogP contribution in [0.5, 0.6) is 0 Å². The van der Waals surface area contributed by atoms with E-state index in [1.165, 1.54) is 5.52 Å². The van der Waals surface area contributed by atoms with Gasteiger partial charge in [0.15, 0.2) is 0 Å². The van der Waals surface area contributed by atoms with E-state index in [1.54, 1.807) is 0 Å². The van der Waals surface area contributed by atoms with Crippen molar-refractivity contribution in [2.75, 3.05) is 32.8 Å². The van der Waals surface area contributed by atoms with E-state index in [-0.39, 0.29) is 6.04 Å². The molecule has 0 aliphatic carbocycles. The van der Waals surface area contributed by atoms with Crippen molar-refractivity contribution in [2.24, 2.45) is 5.73 Å². The Bertz CT molecular complexity index is 574. The highest BCUT2D eigenvalue weighted by Gasteiger charge is 2.23. The van der Waals surface area contributed by atoms with E-state index in [9.17, 15) is 0 Å². The van der Waals surface area contributed by atoms with Crippen LogP contribution in [0.1, 0.15) is 18.8 Å². The van der Waals surface area contributed by atoms with Gasteiger partial charge in [0.1, 0.15) is 5.82 Å². The van der Waals surface area contributed by atoms with E-state index in [0.717, 1.165) is 44.2 Å². The number of nitrogens with two attached hydrogens (primary N) is 1. The Balaban J connectivity index is 1.98. The van der Waals surface area contributed by atoms with Gasteiger partial charge in [0.2, 0.25) is 0 Å². The Hall–Kier alpha value is -1.43. The molecular formula is C15H22N4O. The Kier molecular flexibility index (Phi) is 4.00. The van der Waals surface area contributed by atoms with E-state index >= 15 is 0 Å². The monoisotopic (exact) mass is 274 g/mol. The molecule has 0 amide bonds. The van der Waals surface area contributed by atoms with Crippen molar-refractivity contribution in [3.05, 3.63) is 30.1 Å². The molecule has 2 heterocycles. The molecule has 1 aliphatic rings. The summed E-state index contributed by atoms with van der Waals surface area (Å²) >= 11 is 0. The van der Waals surface area contributed by atoms with Crippen LogP contribution in [0.25, 0.3) is 11.0 Å². The molecule has 5 nitrogen and oxygen atoms in total. The number of hydrogen-bond donors (Lipinski definition) is 1. The van der Waals surface area contributed by atoms with Gasteiger partial charge in [-0.15, -0.1) is 0 Å². The molecule has 1 saturated heterocycles. The smallest absolute Gasteiger partial charge is 0.127 e. The Morgan fingerprint density at radius 2 is 2.05 bits per heavy atom. The lowest BCUT2D eigenvalue weighted by Crippen LogP contribution is -2.39. The molecule has 1 aromatic carbocycles. The second-order valence-electron chi connectivity index (χ2n) is 5.22. The lowest BCUT2D eigenvalue weighted by atomic mass is 10.2. The molecule has 1 aromatic heterocycles. The fourth-order valence-corrected chi connectivity index (χ4v) is 2.91. The van der Waals surface area contributed by atoms with Gasteiger partial charge in [0.05, 0.1) is 30.3 Å². The average molecular weight is 274 g/mol. The highest BCUT2D eigenvalue weighted by molar-refractivity contribution is 5.76. The van der Waals surface area contributed by atoms with Crippen molar-refractivity contribution < 1.29 is 4.74 Å². The SMILES string of the molecule is CC(c1nc2ccccc2n1CCN)N1CCOCC1. The second kappa shape index (κ2) is 5.91. The van der Waals surface area contributed by atoms with Crippen LogP contribution >= 0.6 is 0 Å². The number of nitrogens with zero attached hydrogens (tertiary/aromatic N) is 3. The molecule has 0 spiro atoms. The molecular weight excluding hydrogens is 252 g/mol. The van der Waals surface area contributed by atoms with Gasteiger partial charge in [-0.25, -0.2) is 4.98 Å². The number of benzene rings is 1. The zero-order valence-corrected chi connectivity index (χ0v) is 12.0. The first-order valence-corrected chi connectivity index (χ1v) is 7.28. The molecule has 0 radical (unpaired) electrons. The summed E-state index contributed by atoms with van der Waals surface area (Å²) in [5.74, 6) is 1.11. The number of fused-ring (bicyclic) bond motifs is 1. The van der Waals surface area contributed by atoms with Crippen LogP contribution in [-0.2, 0) is 11.3 Å². The summed E-state index contributed by atoms with van der Waals surface area (Å²) in [6, 6.07) is 8.56. The van der Waals surface area contributed by atoms with Crippen LogP contribution in [-0.4, -0.2) is 47.3 Å². The van der Waals surface area contributed by atoms with Crippen LogP contribution in [0.15, 0.2) is 24.3 Å². The standard InChI is InChI=1S/C15H22N4O/c1-12(18-8-10-20-11-9-18)15-17-13-4-2-3-5-14(13)19(15)7-6-16/h2-5,12H,6-11,16H2,1H3. The third-order valence-corrected chi connectivity index (χ3v) is 4.00. The number of imidazole rings is 1. The normalized spacial score (nSPS) is 18.5. The highest BCUT2D eigenvalue weighted by Crippen LogP contribution is 2.25. The zero-order chi connectivity index (χ0) is 13.9. The largest absolute Gasteiger partial charge is 0.379 e. The Labute approximate surface area is 119 Å². The van der Waals surface area contributed by atoms with Crippen molar-refractivity contribution in [1.29, 1.82) is 0 Å². The van der Waals surface area contributed by atoms with Gasteiger partial charge in [0, 0.05) is 26.2 Å². The first-order chi connectivity index (χ1) is 9.81. The highest BCUT2D eigenvalue weighted by atomic mass is 16.5. The molecule has 1 aliphatic heterocycles. The molecule has 108 valence electrons. The van der Waals surface area contributed by atoms with E-state index < -0.39 is 0 Å². The summed E-state index contributed by atoms with van der Waals surface area (Å²) < 4.78 is 7.69. The van der Waals surface area contributed by atoms with Crippen molar-refractivity contribution in [3.63, 3.8) is 0 Å². The van der Waals surface area contributed by atoms with Gasteiger partial charge in [-0.3, -0.25) is 4.90 Å². The molecule has 2 aromatic rings. The van der Waals surface area contributed by atoms with Crippen LogP contribution in [0.4, 0.5) is 0 Å². The molecule has 5 heteroatoms. The van der Waals surface area contributed by atoms with Gasteiger partial charge in [-0.05, 0) is 19.1 Å². The predicted octanol–water partition coefficient (Wildman–Crippen LogP) is 1.39. The van der Waals surface area contributed by atoms with E-state index in [0.29, 0.717) is 6.54 Å². The molecule has 0 saturated carbocycles. The van der Waals surface area contributed by atoms with Crippen molar-refractivity contribution in [2.45, 2.75) is 19.5 Å². The molecule has 2 N–H and O–H groups in total. The fraction of sp³-hybridized carbons (Fsp3) is 0.533. The van der Waals surface area contributed by atoms with Crippen molar-refractivity contribution in [1.82, 2.24) is 14.5 Å². The minimum atomic E-state index is 0.290. The van der Waals surface area contributed by atoms with Crippen LogP contribution < -0.4 is 5.73 Å². The van der Waals surface area contributed by atoms with Crippen LogP contribution in [0.2, 0.25) is 0 Å². The van der Waals surface area contributed by atoms with Crippen molar-refractivity contribution in [3.8, 4) is 0 Å². The first kappa shape index (κ1) is 13.5. The quantitative estimate of drug-likeness (QED) is 0.915. The maximum Gasteiger partial charge on any atom is 0.127 e. The lowest BCUT2D eigenvalue weighted by molar-refractivity contribution is 0.0176. The predicted molar refractivity (Wildman–Crippen MR) is 79.6 cm³/mol. The van der Waals surface area contributed by atoms with E-state index in [1.807, 2.05) is 6.07 Å². The summed E-state index contributed by atoms with van der Waals surface area (Å²) in [4.78, 5) is 7.26. The van der Waals surface area contributed by atoms with Gasteiger partial charge in [0.25, 0.3) is 0 Å². The third-order valence-electron chi connectivity index (χ3n) is 4.00. The third kappa shape index (κ3) is 2.44. The zero-order valence-electron chi connectivity index (χ0n) is 12.0. The van der Waals surface area contributed by atoms with Gasteiger partial charge in [-0.1, -0.05) is 12.1 Å². The van der Waals surface area contributed by atoms with Gasteiger partial charge >= 0.3 is 0 Å². The van der Waals surface area contributed by atoms with Crippen LogP contribution in [0.3, 0.4) is 0 Å². The number of para-hydroxylation sites is 2. The summed E-state index contributed by atoms with van der Waals surface area (Å²) in [6.45, 7) is 7.20. The van der Waals surface area contributed by atoms with Gasteiger partial charge < -0.3 is 15.0 Å².